The van der Waals surface area contributed by atoms with E-state index >= 15 is 0 Å². The lowest BCUT2D eigenvalue weighted by molar-refractivity contribution is 0.348. The molecule has 0 spiro atoms. The molecule has 4 rings (SSSR count). The molecule has 1 N–H and O–H groups in total. The quantitative estimate of drug-likeness (QED) is 0.590. The number of sulfonamides is 1. The van der Waals surface area contributed by atoms with Gasteiger partial charge in [0.05, 0.1) is 16.6 Å². The van der Waals surface area contributed by atoms with Crippen molar-refractivity contribution < 1.29 is 8.42 Å². The van der Waals surface area contributed by atoms with E-state index < -0.39 is 16.1 Å². The van der Waals surface area contributed by atoms with E-state index in [0.717, 1.165) is 22.4 Å². The van der Waals surface area contributed by atoms with Crippen LogP contribution in [0.1, 0.15) is 22.7 Å². The first kappa shape index (κ1) is 21.4. The zero-order valence-electron chi connectivity index (χ0n) is 17.6. The molecule has 0 aliphatic carbocycles. The Morgan fingerprint density at radius 1 is 0.903 bits per heavy atom. The Labute approximate surface area is 188 Å². The molecule has 0 fully saturated rings. The van der Waals surface area contributed by atoms with Crippen LogP contribution in [0.4, 0.5) is 5.69 Å². The highest BCUT2D eigenvalue weighted by molar-refractivity contribution is 7.89. The lowest BCUT2D eigenvalue weighted by Gasteiger charge is -2.25. The highest BCUT2D eigenvalue weighted by Gasteiger charge is 2.37. The van der Waals surface area contributed by atoms with Gasteiger partial charge in [-0.3, -0.25) is 0 Å². The van der Waals surface area contributed by atoms with E-state index in [9.17, 15) is 8.42 Å². The number of anilines is 1. The number of nitrogens with zero attached hydrogens (tertiary/aromatic N) is 2. The number of hydrogen-bond acceptors (Lipinski definition) is 4. The van der Waals surface area contributed by atoms with Gasteiger partial charge >= 0.3 is 0 Å². The van der Waals surface area contributed by atoms with Gasteiger partial charge in [-0.25, -0.2) is 8.42 Å². The molecule has 0 radical (unpaired) electrons. The van der Waals surface area contributed by atoms with Crippen LogP contribution < -0.4 is 10.3 Å². The highest BCUT2D eigenvalue weighted by Crippen LogP contribution is 2.36. The topological polar surface area (TPSA) is 52.7 Å². The van der Waals surface area contributed by atoms with Crippen molar-refractivity contribution >= 4 is 33.0 Å². The first-order valence-corrected chi connectivity index (χ1v) is 11.7. The third kappa shape index (κ3) is 4.32. The number of rotatable bonds is 5. The van der Waals surface area contributed by atoms with E-state index in [2.05, 4.69) is 5.43 Å². The van der Waals surface area contributed by atoms with Crippen LogP contribution in [-0.4, -0.2) is 26.9 Å². The molecule has 160 valence electrons. The Morgan fingerprint density at radius 2 is 1.52 bits per heavy atom. The highest BCUT2D eigenvalue weighted by atomic mass is 35.5. The van der Waals surface area contributed by atoms with Gasteiger partial charge in [0.1, 0.15) is 0 Å². The summed E-state index contributed by atoms with van der Waals surface area (Å²) in [5.41, 5.74) is 7.62. The van der Waals surface area contributed by atoms with Crippen LogP contribution >= 0.6 is 11.6 Å². The van der Waals surface area contributed by atoms with Gasteiger partial charge in [0.15, 0.2) is 0 Å². The standard InChI is InChI=1S/C24H24ClN3O2S/c1-17-4-14-22(15-5-17)31(29,30)28-24(19-8-12-21(13-9-19)27(2)3)16-23(26-28)18-6-10-20(25)11-7-18/h4-16,24,26H,1-3H3/t24-/m1/s1. The summed E-state index contributed by atoms with van der Waals surface area (Å²) >= 11 is 6.03. The molecule has 0 saturated carbocycles. The number of aryl methyl sites for hydroxylation is 1. The van der Waals surface area contributed by atoms with Crippen molar-refractivity contribution in [3.8, 4) is 0 Å². The number of benzene rings is 3. The molecular weight excluding hydrogens is 430 g/mol. The number of halogens is 1. The van der Waals surface area contributed by atoms with Gasteiger partial charge in [-0.15, -0.1) is 4.41 Å². The second-order valence-corrected chi connectivity index (χ2v) is 10.00. The molecule has 1 aliphatic heterocycles. The smallest absolute Gasteiger partial charge is 0.260 e. The fourth-order valence-electron chi connectivity index (χ4n) is 3.48. The summed E-state index contributed by atoms with van der Waals surface area (Å²) in [6, 6.07) is 21.6. The molecule has 7 heteroatoms. The summed E-state index contributed by atoms with van der Waals surface area (Å²) in [5.74, 6) is 0. The summed E-state index contributed by atoms with van der Waals surface area (Å²) in [6.07, 6.45) is 1.93. The Bertz CT molecular complexity index is 1200. The lowest BCUT2D eigenvalue weighted by Crippen LogP contribution is -2.39. The van der Waals surface area contributed by atoms with Gasteiger partial charge < -0.3 is 10.3 Å². The van der Waals surface area contributed by atoms with Crippen LogP contribution in [0.2, 0.25) is 5.02 Å². The number of hydrazine groups is 1. The largest absolute Gasteiger partial charge is 0.378 e. The van der Waals surface area contributed by atoms with Crippen LogP contribution in [0.3, 0.4) is 0 Å². The van der Waals surface area contributed by atoms with Crippen LogP contribution in [0, 0.1) is 6.92 Å². The van der Waals surface area contributed by atoms with Crippen molar-refractivity contribution in [1.29, 1.82) is 0 Å². The Hall–Kier alpha value is -2.80. The van der Waals surface area contributed by atoms with E-state index in [1.54, 1.807) is 36.4 Å². The van der Waals surface area contributed by atoms with Crippen LogP contribution in [0.15, 0.2) is 83.8 Å². The second kappa shape index (κ2) is 8.38. The van der Waals surface area contributed by atoms with Crippen molar-refractivity contribution in [1.82, 2.24) is 9.84 Å². The summed E-state index contributed by atoms with van der Waals surface area (Å²) in [7, 11) is 0.147. The fraction of sp³-hybridized carbons (Fsp3) is 0.167. The minimum Gasteiger partial charge on any atom is -0.378 e. The van der Waals surface area contributed by atoms with Crippen LogP contribution in [0.5, 0.6) is 0 Å². The van der Waals surface area contributed by atoms with Crippen molar-refractivity contribution in [2.45, 2.75) is 17.9 Å². The van der Waals surface area contributed by atoms with Gasteiger partial charge in [0, 0.05) is 24.8 Å². The van der Waals surface area contributed by atoms with Gasteiger partial charge in [-0.05, 0) is 60.5 Å². The first-order chi connectivity index (χ1) is 14.8. The van der Waals surface area contributed by atoms with E-state index in [-0.39, 0.29) is 4.90 Å². The third-order valence-electron chi connectivity index (χ3n) is 5.29. The molecule has 5 nitrogen and oxygen atoms in total. The molecule has 1 aliphatic rings. The summed E-state index contributed by atoms with van der Waals surface area (Å²) in [6.45, 7) is 1.93. The third-order valence-corrected chi connectivity index (χ3v) is 7.25. The summed E-state index contributed by atoms with van der Waals surface area (Å²) in [5, 5.41) is 0.627. The molecule has 0 unspecified atom stereocenters. The van der Waals surface area contributed by atoms with E-state index in [0.29, 0.717) is 10.7 Å². The average molecular weight is 454 g/mol. The molecule has 0 saturated heterocycles. The monoisotopic (exact) mass is 453 g/mol. The van der Waals surface area contributed by atoms with Crippen LogP contribution in [-0.2, 0) is 10.0 Å². The molecule has 1 atom stereocenters. The number of nitrogens with one attached hydrogen (secondary N) is 1. The van der Waals surface area contributed by atoms with Crippen molar-refractivity contribution in [3.05, 3.63) is 101 Å². The minimum absolute atomic E-state index is 0.242. The normalized spacial score (nSPS) is 16.6. The second-order valence-electron chi connectivity index (χ2n) is 7.74. The summed E-state index contributed by atoms with van der Waals surface area (Å²) < 4.78 is 28.4. The van der Waals surface area contributed by atoms with Gasteiger partial charge in [0.2, 0.25) is 0 Å². The zero-order valence-corrected chi connectivity index (χ0v) is 19.2. The molecule has 0 bridgehead atoms. The van der Waals surface area contributed by atoms with E-state index in [4.69, 9.17) is 11.6 Å². The SMILES string of the molecule is Cc1ccc(S(=O)(=O)N2NC(c3ccc(Cl)cc3)=C[C@@H]2c2ccc(N(C)C)cc2)cc1. The van der Waals surface area contributed by atoms with Gasteiger partial charge in [-0.1, -0.05) is 53.6 Å². The van der Waals surface area contributed by atoms with Gasteiger partial charge in [0.25, 0.3) is 10.0 Å². The molecule has 31 heavy (non-hydrogen) atoms. The van der Waals surface area contributed by atoms with Crippen molar-refractivity contribution in [2.24, 2.45) is 0 Å². The fourth-order valence-corrected chi connectivity index (χ4v) is 5.01. The zero-order chi connectivity index (χ0) is 22.2. The predicted octanol–water partition coefficient (Wildman–Crippen LogP) is 5.01. The van der Waals surface area contributed by atoms with E-state index in [1.807, 2.05) is 68.4 Å². The molecule has 3 aromatic carbocycles. The molecule has 3 aromatic rings. The maximum atomic E-state index is 13.5. The van der Waals surface area contributed by atoms with Gasteiger partial charge in [-0.2, -0.15) is 0 Å². The Kier molecular flexibility index (Phi) is 5.79. The maximum Gasteiger partial charge on any atom is 0.260 e. The van der Waals surface area contributed by atoms with Crippen molar-refractivity contribution in [2.75, 3.05) is 19.0 Å². The van der Waals surface area contributed by atoms with Crippen molar-refractivity contribution in [3.63, 3.8) is 0 Å². The maximum absolute atomic E-state index is 13.5. The predicted molar refractivity (Wildman–Crippen MR) is 126 cm³/mol. The Morgan fingerprint density at radius 3 is 2.10 bits per heavy atom. The van der Waals surface area contributed by atoms with Crippen LogP contribution in [0.25, 0.3) is 5.70 Å². The summed E-state index contributed by atoms with van der Waals surface area (Å²) in [4.78, 5) is 2.25. The Balaban J connectivity index is 1.77. The minimum atomic E-state index is -3.79. The molecule has 0 amide bonds. The molecule has 1 heterocycles. The number of hydrogen-bond donors (Lipinski definition) is 1. The first-order valence-electron chi connectivity index (χ1n) is 9.88. The molecule has 0 aromatic heterocycles. The lowest BCUT2D eigenvalue weighted by atomic mass is 10.0. The average Bonchev–Trinajstić information content (AvgIpc) is 3.21. The molecular formula is C24H24ClN3O2S. The van der Waals surface area contributed by atoms with E-state index in [1.165, 1.54) is 4.41 Å².